The molecule has 0 bridgehead atoms. The molecule has 1 N–H and O–H groups in total. The lowest BCUT2D eigenvalue weighted by Crippen LogP contribution is -2.36. The average Bonchev–Trinajstić information content (AvgIpc) is 3.13. The summed E-state index contributed by atoms with van der Waals surface area (Å²) in [4.78, 5) is 39.3. The molecule has 190 valence electrons. The zero-order chi connectivity index (χ0) is 26.4. The molecule has 4 rings (SSSR count). The van der Waals surface area contributed by atoms with Crippen LogP contribution in [0.25, 0.3) is 6.08 Å². The molecule has 1 heterocycles. The van der Waals surface area contributed by atoms with Crippen molar-refractivity contribution in [2.45, 2.75) is 13.5 Å². The van der Waals surface area contributed by atoms with E-state index in [9.17, 15) is 14.4 Å². The Kier molecular flexibility index (Phi) is 9.28. The second-order valence-electron chi connectivity index (χ2n) is 7.87. The summed E-state index contributed by atoms with van der Waals surface area (Å²) in [5.41, 5.74) is 2.19. The Morgan fingerprint density at radius 2 is 1.78 bits per heavy atom. The molecule has 1 fully saturated rings. The Hall–Kier alpha value is -2.83. The molecule has 0 aliphatic carbocycles. The topological polar surface area (TPSA) is 84.9 Å². The summed E-state index contributed by atoms with van der Waals surface area (Å²) in [5.74, 6) is 0.255. The Balaban J connectivity index is 1.44. The van der Waals surface area contributed by atoms with Gasteiger partial charge in [0.2, 0.25) is 5.91 Å². The summed E-state index contributed by atoms with van der Waals surface area (Å²) in [6, 6.07) is 20.3. The fourth-order valence-electron chi connectivity index (χ4n) is 3.43. The van der Waals surface area contributed by atoms with E-state index in [-0.39, 0.29) is 11.4 Å². The van der Waals surface area contributed by atoms with Crippen LogP contribution in [0.1, 0.15) is 18.1 Å². The predicted molar refractivity (Wildman–Crippen MR) is 157 cm³/mol. The largest absolute Gasteiger partial charge is 0.494 e. The minimum absolute atomic E-state index is 0.219. The average molecular weight is 693 g/mol. The van der Waals surface area contributed by atoms with Crippen LogP contribution in [0.4, 0.5) is 10.5 Å². The Morgan fingerprint density at radius 1 is 1.05 bits per heavy atom. The third kappa shape index (κ3) is 7.36. The van der Waals surface area contributed by atoms with E-state index in [4.69, 9.17) is 9.47 Å². The van der Waals surface area contributed by atoms with Crippen molar-refractivity contribution in [3.8, 4) is 11.5 Å². The van der Waals surface area contributed by atoms with Gasteiger partial charge in [0, 0.05) is 19.3 Å². The van der Waals surface area contributed by atoms with Gasteiger partial charge in [0.1, 0.15) is 24.7 Å². The van der Waals surface area contributed by atoms with E-state index in [2.05, 4.69) is 43.8 Å². The molecule has 0 unspecified atom stereocenters. The minimum Gasteiger partial charge on any atom is -0.494 e. The lowest BCUT2D eigenvalue weighted by molar-refractivity contribution is -0.127. The van der Waals surface area contributed by atoms with Gasteiger partial charge in [-0.3, -0.25) is 19.3 Å². The van der Waals surface area contributed by atoms with Gasteiger partial charge >= 0.3 is 0 Å². The number of halogens is 2. The number of hydrogen-bond acceptors (Lipinski definition) is 6. The van der Waals surface area contributed by atoms with Crippen molar-refractivity contribution in [3.05, 3.63) is 90.8 Å². The second kappa shape index (κ2) is 12.6. The zero-order valence-corrected chi connectivity index (χ0v) is 24.3. The van der Waals surface area contributed by atoms with E-state index < -0.39 is 17.1 Å². The Morgan fingerprint density at radius 3 is 2.49 bits per heavy atom. The maximum atomic E-state index is 13.0. The number of ether oxygens (including phenoxy) is 2. The molecular formula is C27H22BrIN2O5S. The summed E-state index contributed by atoms with van der Waals surface area (Å²) in [7, 11) is 0. The smallest absolute Gasteiger partial charge is 0.294 e. The molecule has 10 heteroatoms. The predicted octanol–water partition coefficient (Wildman–Crippen LogP) is 6.71. The number of thioether (sulfide) groups is 1. The number of hydrogen-bond donors (Lipinski definition) is 1. The second-order valence-corrected chi connectivity index (χ2v) is 11.0. The van der Waals surface area contributed by atoms with Crippen molar-refractivity contribution in [1.29, 1.82) is 0 Å². The van der Waals surface area contributed by atoms with E-state index in [1.54, 1.807) is 36.4 Å². The first-order valence-corrected chi connectivity index (χ1v) is 14.0. The molecule has 1 aliphatic rings. The van der Waals surface area contributed by atoms with Gasteiger partial charge in [-0.1, -0.05) is 28.1 Å². The van der Waals surface area contributed by atoms with Gasteiger partial charge in [0.15, 0.2) is 0 Å². The van der Waals surface area contributed by atoms with Crippen molar-refractivity contribution in [2.24, 2.45) is 0 Å². The molecular weight excluding hydrogens is 671 g/mol. The van der Waals surface area contributed by atoms with Crippen LogP contribution in [-0.4, -0.2) is 35.1 Å². The molecule has 0 spiro atoms. The molecule has 0 atom stereocenters. The van der Waals surface area contributed by atoms with Crippen LogP contribution in [0, 0.1) is 3.57 Å². The van der Waals surface area contributed by atoms with Gasteiger partial charge in [-0.05, 0) is 108 Å². The fraction of sp³-hybridized carbons (Fsp3) is 0.148. The standard InChI is InChI=1S/C27H22BrIN2O5S/c1-2-35-22-10-8-21(9-11-22)30-25(32)15-31-26(33)24(37-27(31)34)14-18-13-19(28)5-12-23(18)36-16-17-3-6-20(29)7-4-17/h3-14H,2,15-16H2,1H3,(H,30,32)/b24-14+. The SMILES string of the molecule is CCOc1ccc(NC(=O)CN2C(=O)S/C(=C/c3cc(Br)ccc3OCc3ccc(I)cc3)C2=O)cc1. The van der Waals surface area contributed by atoms with E-state index in [0.29, 0.717) is 36.0 Å². The summed E-state index contributed by atoms with van der Waals surface area (Å²) in [6.45, 7) is 2.39. The van der Waals surface area contributed by atoms with E-state index in [1.165, 1.54) is 0 Å². The van der Waals surface area contributed by atoms with E-state index >= 15 is 0 Å². The van der Waals surface area contributed by atoms with Gasteiger partial charge in [-0.2, -0.15) is 0 Å². The number of nitrogens with zero attached hydrogens (tertiary/aromatic N) is 1. The third-order valence-electron chi connectivity index (χ3n) is 5.19. The number of imide groups is 1. The highest BCUT2D eigenvalue weighted by atomic mass is 127. The van der Waals surface area contributed by atoms with Crippen LogP contribution in [0.5, 0.6) is 11.5 Å². The number of benzene rings is 3. The summed E-state index contributed by atoms with van der Waals surface area (Å²) in [6.07, 6.45) is 1.61. The highest BCUT2D eigenvalue weighted by Gasteiger charge is 2.36. The molecule has 0 saturated carbocycles. The molecule has 3 aromatic carbocycles. The number of carbonyl (C=O) groups is 3. The summed E-state index contributed by atoms with van der Waals surface area (Å²) >= 11 is 6.49. The lowest BCUT2D eigenvalue weighted by Gasteiger charge is -2.13. The molecule has 37 heavy (non-hydrogen) atoms. The van der Waals surface area contributed by atoms with Crippen molar-refractivity contribution in [3.63, 3.8) is 0 Å². The molecule has 0 radical (unpaired) electrons. The monoisotopic (exact) mass is 692 g/mol. The normalized spacial score (nSPS) is 14.2. The van der Waals surface area contributed by atoms with Gasteiger partial charge in [0.25, 0.3) is 11.1 Å². The zero-order valence-electron chi connectivity index (χ0n) is 19.7. The van der Waals surface area contributed by atoms with Gasteiger partial charge in [-0.25, -0.2) is 0 Å². The number of amides is 3. The minimum atomic E-state index is -0.527. The molecule has 3 aromatic rings. The van der Waals surface area contributed by atoms with Crippen molar-refractivity contribution in [1.82, 2.24) is 4.90 Å². The van der Waals surface area contributed by atoms with Crippen molar-refractivity contribution in [2.75, 3.05) is 18.5 Å². The molecule has 0 aromatic heterocycles. The highest BCUT2D eigenvalue weighted by Crippen LogP contribution is 2.35. The van der Waals surface area contributed by atoms with Crippen LogP contribution in [-0.2, 0) is 16.2 Å². The maximum Gasteiger partial charge on any atom is 0.294 e. The Labute approximate surface area is 240 Å². The maximum absolute atomic E-state index is 13.0. The van der Waals surface area contributed by atoms with E-state index in [1.807, 2.05) is 43.3 Å². The number of anilines is 1. The highest BCUT2D eigenvalue weighted by molar-refractivity contribution is 14.1. The third-order valence-corrected chi connectivity index (χ3v) is 7.31. The molecule has 3 amide bonds. The van der Waals surface area contributed by atoms with Gasteiger partial charge in [0.05, 0.1) is 11.5 Å². The summed E-state index contributed by atoms with van der Waals surface area (Å²) in [5, 5.41) is 2.19. The van der Waals surface area contributed by atoms with Crippen molar-refractivity contribution >= 4 is 79.1 Å². The molecule has 1 aliphatic heterocycles. The van der Waals surface area contributed by atoms with Crippen LogP contribution in [0.15, 0.2) is 76.1 Å². The quantitative estimate of drug-likeness (QED) is 0.198. The number of nitrogens with one attached hydrogen (secondary N) is 1. The van der Waals surface area contributed by atoms with Crippen LogP contribution in [0.3, 0.4) is 0 Å². The fourth-order valence-corrected chi connectivity index (χ4v) is 5.00. The first-order valence-electron chi connectivity index (χ1n) is 11.3. The first kappa shape index (κ1) is 27.2. The van der Waals surface area contributed by atoms with Gasteiger partial charge < -0.3 is 14.8 Å². The van der Waals surface area contributed by atoms with Crippen molar-refractivity contribution < 1.29 is 23.9 Å². The molecule has 7 nitrogen and oxygen atoms in total. The Bertz CT molecular complexity index is 1350. The summed E-state index contributed by atoms with van der Waals surface area (Å²) < 4.78 is 13.3. The van der Waals surface area contributed by atoms with Crippen LogP contribution in [0.2, 0.25) is 0 Å². The van der Waals surface area contributed by atoms with Crippen LogP contribution < -0.4 is 14.8 Å². The lowest BCUT2D eigenvalue weighted by atomic mass is 10.1. The molecule has 1 saturated heterocycles. The van der Waals surface area contributed by atoms with E-state index in [0.717, 1.165) is 30.3 Å². The first-order chi connectivity index (χ1) is 17.8. The van der Waals surface area contributed by atoms with Gasteiger partial charge in [-0.15, -0.1) is 0 Å². The number of carbonyl (C=O) groups excluding carboxylic acids is 3. The van der Waals surface area contributed by atoms with Crippen LogP contribution >= 0.6 is 50.3 Å². The number of rotatable bonds is 9.